The molecule has 0 aliphatic heterocycles. The topological polar surface area (TPSA) is 73.6 Å². The van der Waals surface area contributed by atoms with Crippen LogP contribution in [0.2, 0.25) is 0 Å². The Balaban J connectivity index is 0.00000261. The molecule has 2 aliphatic rings. The van der Waals surface area contributed by atoms with Crippen LogP contribution in [0, 0.1) is 18.3 Å². The van der Waals surface area contributed by atoms with Gasteiger partial charge < -0.3 is 20.5 Å². The fraction of sp³-hybridized carbons (Fsp3) is 0.667. The van der Waals surface area contributed by atoms with Gasteiger partial charge in [0.05, 0.1) is 12.7 Å². The molecule has 27 heavy (non-hydrogen) atoms. The highest BCUT2D eigenvalue weighted by Gasteiger charge is 2.62. The first kappa shape index (κ1) is 22.0. The highest BCUT2D eigenvalue weighted by atomic mass is 35.5. The fourth-order valence-electron chi connectivity index (χ4n) is 3.59. The molecule has 2 saturated carbocycles. The first-order chi connectivity index (χ1) is 12.3. The summed E-state index contributed by atoms with van der Waals surface area (Å²) in [5.74, 6) is 1.44. The van der Waals surface area contributed by atoms with Crippen LogP contribution in [-0.4, -0.2) is 30.8 Å². The number of rotatable bonds is 8. The second-order valence-electron chi connectivity index (χ2n) is 8.39. The zero-order valence-corrected chi connectivity index (χ0v) is 17.7. The van der Waals surface area contributed by atoms with Gasteiger partial charge >= 0.3 is 0 Å². The fourth-order valence-corrected chi connectivity index (χ4v) is 3.59. The molecule has 0 radical (unpaired) electrons. The Kier molecular flexibility index (Phi) is 6.82. The average molecular weight is 397 g/mol. The maximum absolute atomic E-state index is 12.8. The molecule has 152 valence electrons. The molecule has 2 fully saturated rings. The maximum atomic E-state index is 12.8. The highest BCUT2D eigenvalue weighted by Crippen LogP contribution is 2.49. The first-order valence-corrected chi connectivity index (χ1v) is 9.69. The van der Waals surface area contributed by atoms with Gasteiger partial charge in [0.25, 0.3) is 0 Å². The van der Waals surface area contributed by atoms with Gasteiger partial charge in [0.1, 0.15) is 11.3 Å². The Morgan fingerprint density at radius 1 is 1.33 bits per heavy atom. The molecule has 2 atom stereocenters. The summed E-state index contributed by atoms with van der Waals surface area (Å²) in [7, 11) is 0. The number of hydrogen-bond acceptors (Lipinski definition) is 4. The normalized spacial score (nSPS) is 25.9. The van der Waals surface area contributed by atoms with Gasteiger partial charge in [0.15, 0.2) is 0 Å². The van der Waals surface area contributed by atoms with Crippen molar-refractivity contribution in [3.63, 3.8) is 0 Å². The van der Waals surface area contributed by atoms with Gasteiger partial charge in [-0.15, -0.1) is 12.4 Å². The van der Waals surface area contributed by atoms with Crippen molar-refractivity contribution in [3.8, 4) is 5.75 Å². The molecule has 1 aromatic carbocycles. The second kappa shape index (κ2) is 8.38. The van der Waals surface area contributed by atoms with Crippen LogP contribution in [0.15, 0.2) is 18.2 Å². The van der Waals surface area contributed by atoms with Crippen molar-refractivity contribution in [2.24, 2.45) is 17.1 Å². The van der Waals surface area contributed by atoms with Crippen LogP contribution in [0.4, 0.5) is 0 Å². The third-order valence-electron chi connectivity index (χ3n) is 6.07. The quantitative estimate of drug-likeness (QED) is 0.706. The molecule has 0 spiro atoms. The molecular formula is C21H33ClN2O3. The van der Waals surface area contributed by atoms with E-state index in [2.05, 4.69) is 5.32 Å². The van der Waals surface area contributed by atoms with Crippen molar-refractivity contribution in [2.45, 2.75) is 65.1 Å². The van der Waals surface area contributed by atoms with Gasteiger partial charge in [0.2, 0.25) is 5.91 Å². The number of nitrogens with two attached hydrogens (primary N) is 1. The van der Waals surface area contributed by atoms with Crippen LogP contribution in [0.25, 0.3) is 0 Å². The van der Waals surface area contributed by atoms with E-state index in [0.717, 1.165) is 23.5 Å². The largest absolute Gasteiger partial charge is 0.493 e. The Morgan fingerprint density at radius 3 is 2.63 bits per heavy atom. The summed E-state index contributed by atoms with van der Waals surface area (Å²) >= 11 is 0. The minimum atomic E-state index is -0.896. The standard InChI is InChI=1S/C21H32N2O3.ClH/c1-5-25-18-11-21(22,20(18,3)4)19(24)23-12-16-9-6-14(2)10-17(16)26-13-15-7-8-15;/h6,9-10,15,18H,5,7-8,11-13,22H2,1-4H3,(H,23,24);1H. The molecular weight excluding hydrogens is 364 g/mol. The summed E-state index contributed by atoms with van der Waals surface area (Å²) in [4.78, 5) is 12.8. The molecule has 3 N–H and O–H groups in total. The van der Waals surface area contributed by atoms with Crippen molar-refractivity contribution in [1.82, 2.24) is 5.32 Å². The van der Waals surface area contributed by atoms with E-state index in [1.165, 1.54) is 12.8 Å². The Hall–Kier alpha value is -1.30. The first-order valence-electron chi connectivity index (χ1n) is 9.69. The van der Waals surface area contributed by atoms with E-state index >= 15 is 0 Å². The van der Waals surface area contributed by atoms with Crippen molar-refractivity contribution < 1.29 is 14.3 Å². The van der Waals surface area contributed by atoms with Gasteiger partial charge in [-0.1, -0.05) is 26.0 Å². The zero-order chi connectivity index (χ0) is 18.9. The lowest BCUT2D eigenvalue weighted by Gasteiger charge is -2.57. The van der Waals surface area contributed by atoms with E-state index in [9.17, 15) is 4.79 Å². The second-order valence-corrected chi connectivity index (χ2v) is 8.39. The number of carbonyl (C=O) groups excluding carboxylic acids is 1. The van der Waals surface area contributed by atoms with Crippen LogP contribution in [0.3, 0.4) is 0 Å². The molecule has 6 heteroatoms. The molecule has 1 amide bonds. The van der Waals surface area contributed by atoms with Crippen LogP contribution in [-0.2, 0) is 16.1 Å². The summed E-state index contributed by atoms with van der Waals surface area (Å²) in [6, 6.07) is 6.11. The van der Waals surface area contributed by atoms with Gasteiger partial charge in [-0.3, -0.25) is 4.79 Å². The highest BCUT2D eigenvalue weighted by molar-refractivity contribution is 5.88. The van der Waals surface area contributed by atoms with E-state index in [0.29, 0.717) is 25.5 Å². The third-order valence-corrected chi connectivity index (χ3v) is 6.07. The van der Waals surface area contributed by atoms with E-state index in [-0.39, 0.29) is 29.8 Å². The Labute approximate surface area is 168 Å². The minimum Gasteiger partial charge on any atom is -0.493 e. The molecule has 3 rings (SSSR count). The molecule has 0 saturated heterocycles. The number of amides is 1. The number of halogens is 1. The molecule has 1 aromatic rings. The number of nitrogens with one attached hydrogen (secondary N) is 1. The van der Waals surface area contributed by atoms with Crippen LogP contribution in [0.1, 0.15) is 51.2 Å². The number of aryl methyl sites for hydroxylation is 1. The zero-order valence-electron chi connectivity index (χ0n) is 16.8. The van der Waals surface area contributed by atoms with Crippen LogP contribution < -0.4 is 15.8 Å². The van der Waals surface area contributed by atoms with Crippen LogP contribution in [0.5, 0.6) is 5.75 Å². The van der Waals surface area contributed by atoms with E-state index in [4.69, 9.17) is 15.2 Å². The number of ether oxygens (including phenoxy) is 2. The summed E-state index contributed by atoms with van der Waals surface area (Å²) in [5, 5.41) is 3.02. The van der Waals surface area contributed by atoms with Crippen molar-refractivity contribution in [2.75, 3.05) is 13.2 Å². The summed E-state index contributed by atoms with van der Waals surface area (Å²) in [5.41, 5.74) is 7.32. The van der Waals surface area contributed by atoms with Crippen molar-refractivity contribution in [3.05, 3.63) is 29.3 Å². The molecule has 0 aromatic heterocycles. The van der Waals surface area contributed by atoms with E-state index in [1.807, 2.05) is 45.9 Å². The van der Waals surface area contributed by atoms with E-state index in [1.54, 1.807) is 0 Å². The third kappa shape index (κ3) is 4.41. The van der Waals surface area contributed by atoms with E-state index < -0.39 is 5.54 Å². The summed E-state index contributed by atoms with van der Waals surface area (Å²) < 4.78 is 11.7. The number of benzene rings is 1. The number of carbonyl (C=O) groups is 1. The monoisotopic (exact) mass is 396 g/mol. The Bertz CT molecular complexity index is 675. The van der Waals surface area contributed by atoms with Crippen molar-refractivity contribution in [1.29, 1.82) is 0 Å². The molecule has 5 nitrogen and oxygen atoms in total. The van der Waals surface area contributed by atoms with Gasteiger partial charge in [0, 0.05) is 30.6 Å². The molecule has 2 unspecified atom stereocenters. The molecule has 0 heterocycles. The molecule has 0 bridgehead atoms. The molecule has 2 aliphatic carbocycles. The predicted molar refractivity (Wildman–Crippen MR) is 109 cm³/mol. The lowest BCUT2D eigenvalue weighted by atomic mass is 9.54. The average Bonchev–Trinajstić information content (AvgIpc) is 3.42. The Morgan fingerprint density at radius 2 is 2.04 bits per heavy atom. The van der Waals surface area contributed by atoms with Gasteiger partial charge in [-0.05, 0) is 44.2 Å². The predicted octanol–water partition coefficient (Wildman–Crippen LogP) is 3.35. The smallest absolute Gasteiger partial charge is 0.241 e. The SMILES string of the molecule is CCOC1CC(N)(C(=O)NCc2ccc(C)cc2OCC2CC2)C1(C)C.Cl. The van der Waals surface area contributed by atoms with Gasteiger partial charge in [-0.2, -0.15) is 0 Å². The minimum absolute atomic E-state index is 0. The van der Waals surface area contributed by atoms with Crippen LogP contribution >= 0.6 is 12.4 Å². The summed E-state index contributed by atoms with van der Waals surface area (Å²) in [6.07, 6.45) is 3.09. The lowest BCUT2D eigenvalue weighted by Crippen LogP contribution is -2.75. The van der Waals surface area contributed by atoms with Gasteiger partial charge in [-0.25, -0.2) is 0 Å². The maximum Gasteiger partial charge on any atom is 0.241 e. The lowest BCUT2D eigenvalue weighted by molar-refractivity contribution is -0.170. The summed E-state index contributed by atoms with van der Waals surface area (Å²) in [6.45, 7) is 9.84. The van der Waals surface area contributed by atoms with Crippen molar-refractivity contribution >= 4 is 18.3 Å². The number of hydrogen-bond donors (Lipinski definition) is 2.